The number of nitrogens with zero attached hydrogens (tertiary/aromatic N) is 3. The summed E-state index contributed by atoms with van der Waals surface area (Å²) in [6.07, 6.45) is 0. The highest BCUT2D eigenvalue weighted by Gasteiger charge is 2.21. The maximum atomic E-state index is 9.96. The van der Waals surface area contributed by atoms with E-state index < -0.39 is 0 Å². The van der Waals surface area contributed by atoms with Crippen LogP contribution in [0.25, 0.3) is 49.7 Å². The predicted octanol–water partition coefficient (Wildman–Crippen LogP) is 7.23. The van der Waals surface area contributed by atoms with Crippen molar-refractivity contribution >= 4 is 32.7 Å². The summed E-state index contributed by atoms with van der Waals surface area (Å²) in [7, 11) is 2.14. The van der Waals surface area contributed by atoms with Crippen molar-refractivity contribution < 1.29 is 4.57 Å². The molecule has 168 valence electrons. The molecule has 0 amide bonds. The zero-order valence-corrected chi connectivity index (χ0v) is 20.4. The first-order chi connectivity index (χ1) is 17.0. The number of rotatable bonds is 2. The normalized spacial score (nSPS) is 11.4. The van der Waals surface area contributed by atoms with E-state index in [1.807, 2.05) is 12.1 Å². The topological polar surface area (TPSA) is 32.6 Å². The van der Waals surface area contributed by atoms with Crippen molar-refractivity contribution in [1.82, 2.24) is 4.57 Å². The van der Waals surface area contributed by atoms with Gasteiger partial charge in [0, 0.05) is 28.5 Å². The molecular weight excluding hydrogens is 426 g/mol. The molecule has 6 aromatic rings. The molecule has 35 heavy (non-hydrogen) atoms. The SMILES string of the molecule is Cc1cc(C)c(C)c(-c2ccc3c(-n4c5ccccc5c5cccc(C#N)c54)cccc3[n+]2C)c1. The summed E-state index contributed by atoms with van der Waals surface area (Å²) < 4.78 is 4.55. The van der Waals surface area contributed by atoms with E-state index in [1.54, 1.807) is 0 Å². The number of hydrogen-bond donors (Lipinski definition) is 0. The van der Waals surface area contributed by atoms with Crippen molar-refractivity contribution in [3.8, 4) is 23.0 Å². The molecule has 2 aromatic heterocycles. The molecule has 2 heterocycles. The lowest BCUT2D eigenvalue weighted by Gasteiger charge is -2.13. The first kappa shape index (κ1) is 21.1. The summed E-state index contributed by atoms with van der Waals surface area (Å²) in [5.41, 5.74) is 11.3. The van der Waals surface area contributed by atoms with Crippen LogP contribution >= 0.6 is 0 Å². The third-order valence-corrected chi connectivity index (χ3v) is 7.33. The van der Waals surface area contributed by atoms with Crippen LogP contribution in [0.2, 0.25) is 0 Å². The maximum absolute atomic E-state index is 9.96. The van der Waals surface area contributed by atoms with Crippen LogP contribution in [0.4, 0.5) is 0 Å². The van der Waals surface area contributed by atoms with Gasteiger partial charge >= 0.3 is 0 Å². The van der Waals surface area contributed by atoms with E-state index in [0.29, 0.717) is 5.56 Å². The Hall–Kier alpha value is -4.42. The highest BCUT2D eigenvalue weighted by molar-refractivity contribution is 6.11. The molecule has 3 heteroatoms. The van der Waals surface area contributed by atoms with Crippen LogP contribution in [0.1, 0.15) is 22.3 Å². The number of hydrogen-bond acceptors (Lipinski definition) is 1. The lowest BCUT2D eigenvalue weighted by Crippen LogP contribution is -2.32. The van der Waals surface area contributed by atoms with E-state index in [2.05, 4.69) is 116 Å². The van der Waals surface area contributed by atoms with Gasteiger partial charge in [-0.1, -0.05) is 48.0 Å². The third-order valence-electron chi connectivity index (χ3n) is 7.33. The summed E-state index contributed by atoms with van der Waals surface area (Å²) in [5, 5.41) is 13.4. The van der Waals surface area contributed by atoms with Gasteiger partial charge in [-0.15, -0.1) is 0 Å². The van der Waals surface area contributed by atoms with Gasteiger partial charge in [-0.3, -0.25) is 0 Å². The second-order valence-electron chi connectivity index (χ2n) is 9.41. The fourth-order valence-corrected chi connectivity index (χ4v) is 5.54. The molecule has 0 spiro atoms. The van der Waals surface area contributed by atoms with Gasteiger partial charge < -0.3 is 4.57 Å². The predicted molar refractivity (Wildman–Crippen MR) is 144 cm³/mol. The monoisotopic (exact) mass is 452 g/mol. The molecule has 0 N–H and O–H groups in total. The molecule has 0 saturated heterocycles. The average Bonchev–Trinajstić information content (AvgIpc) is 3.21. The molecule has 6 rings (SSSR count). The second kappa shape index (κ2) is 7.82. The zero-order valence-electron chi connectivity index (χ0n) is 20.4. The van der Waals surface area contributed by atoms with E-state index in [4.69, 9.17) is 0 Å². The van der Waals surface area contributed by atoms with Gasteiger partial charge in [-0.05, 0) is 62.2 Å². The van der Waals surface area contributed by atoms with E-state index in [0.717, 1.165) is 38.4 Å². The van der Waals surface area contributed by atoms with Crippen LogP contribution in [0.5, 0.6) is 0 Å². The second-order valence-corrected chi connectivity index (χ2v) is 9.41. The van der Waals surface area contributed by atoms with Crippen molar-refractivity contribution in [2.24, 2.45) is 7.05 Å². The minimum absolute atomic E-state index is 0.683. The molecule has 0 fully saturated rings. The highest BCUT2D eigenvalue weighted by Crippen LogP contribution is 2.36. The van der Waals surface area contributed by atoms with Gasteiger partial charge in [0.25, 0.3) is 0 Å². The molecule has 0 saturated carbocycles. The minimum Gasteiger partial charge on any atom is -0.307 e. The molecule has 3 nitrogen and oxygen atoms in total. The van der Waals surface area contributed by atoms with Crippen molar-refractivity contribution in [2.75, 3.05) is 0 Å². The Labute approximate surface area is 205 Å². The molecule has 4 aromatic carbocycles. The minimum atomic E-state index is 0.683. The molecule has 0 radical (unpaired) electrons. The fourth-order valence-electron chi connectivity index (χ4n) is 5.54. The fraction of sp³-hybridized carbons (Fsp3) is 0.125. The molecule has 0 unspecified atom stereocenters. The van der Waals surface area contributed by atoms with Gasteiger partial charge in [0.2, 0.25) is 11.2 Å². The molecule has 0 atom stereocenters. The number of aromatic nitrogens is 2. The number of fused-ring (bicyclic) bond motifs is 4. The zero-order chi connectivity index (χ0) is 24.3. The van der Waals surface area contributed by atoms with E-state index >= 15 is 0 Å². The van der Waals surface area contributed by atoms with Gasteiger partial charge in [-0.25, -0.2) is 0 Å². The van der Waals surface area contributed by atoms with E-state index in [1.165, 1.54) is 27.9 Å². The Morgan fingerprint density at radius 3 is 2.37 bits per heavy atom. The van der Waals surface area contributed by atoms with Crippen LogP contribution in [0.15, 0.2) is 84.9 Å². The van der Waals surface area contributed by atoms with Crippen molar-refractivity contribution in [1.29, 1.82) is 5.26 Å². The van der Waals surface area contributed by atoms with Crippen molar-refractivity contribution in [2.45, 2.75) is 20.8 Å². The van der Waals surface area contributed by atoms with Gasteiger partial charge in [0.05, 0.1) is 27.7 Å². The van der Waals surface area contributed by atoms with E-state index in [9.17, 15) is 5.26 Å². The Morgan fingerprint density at radius 2 is 1.54 bits per heavy atom. The summed E-state index contributed by atoms with van der Waals surface area (Å²) >= 11 is 0. The molecule has 0 aliphatic carbocycles. The molecular formula is C32H26N3+. The Kier molecular flexibility index (Phi) is 4.72. The Balaban J connectivity index is 1.71. The summed E-state index contributed by atoms with van der Waals surface area (Å²) in [5.74, 6) is 0. The van der Waals surface area contributed by atoms with Crippen LogP contribution in [0, 0.1) is 32.1 Å². The highest BCUT2D eigenvalue weighted by atomic mass is 15.0. The third kappa shape index (κ3) is 3.07. The number of benzene rings is 4. The first-order valence-electron chi connectivity index (χ1n) is 11.9. The first-order valence-corrected chi connectivity index (χ1v) is 11.9. The van der Waals surface area contributed by atoms with Crippen molar-refractivity contribution in [3.05, 3.63) is 107 Å². The maximum Gasteiger partial charge on any atom is 0.214 e. The van der Waals surface area contributed by atoms with Crippen molar-refractivity contribution in [3.63, 3.8) is 0 Å². The largest absolute Gasteiger partial charge is 0.307 e. The van der Waals surface area contributed by atoms with Gasteiger partial charge in [0.15, 0.2) is 0 Å². The van der Waals surface area contributed by atoms with E-state index in [-0.39, 0.29) is 0 Å². The summed E-state index contributed by atoms with van der Waals surface area (Å²) in [6, 6.07) is 32.3. The number of nitriles is 1. The molecule has 0 aliphatic heterocycles. The van der Waals surface area contributed by atoms with Crippen LogP contribution in [0.3, 0.4) is 0 Å². The number of pyridine rings is 1. The van der Waals surface area contributed by atoms with Gasteiger partial charge in [0.1, 0.15) is 13.1 Å². The smallest absolute Gasteiger partial charge is 0.214 e. The standard InChI is InChI=1S/C32H26N3/c1-20-17-21(2)22(3)27(18-20)29-16-15-26-28(34(29)4)13-8-14-31(26)35-30-12-6-5-10-24(30)25-11-7-9-23(19-33)32(25)35/h5-18H,1-4H3/q+1. The average molecular weight is 453 g/mol. The van der Waals surface area contributed by atoms with Crippen LogP contribution in [-0.4, -0.2) is 4.57 Å². The quantitative estimate of drug-likeness (QED) is 0.255. The Morgan fingerprint density at radius 1 is 0.771 bits per heavy atom. The van der Waals surface area contributed by atoms with Gasteiger partial charge in [-0.2, -0.15) is 9.83 Å². The number of para-hydroxylation sites is 2. The lowest BCUT2D eigenvalue weighted by molar-refractivity contribution is -0.633. The Bertz CT molecular complexity index is 1850. The molecule has 0 bridgehead atoms. The number of aryl methyl sites for hydroxylation is 3. The summed E-state index contributed by atoms with van der Waals surface area (Å²) in [4.78, 5) is 0. The van der Waals surface area contributed by atoms with Crippen LogP contribution in [-0.2, 0) is 7.05 Å². The lowest BCUT2D eigenvalue weighted by atomic mass is 9.96. The molecule has 0 aliphatic rings. The van der Waals surface area contributed by atoms with Crippen LogP contribution < -0.4 is 4.57 Å². The summed E-state index contributed by atoms with van der Waals surface area (Å²) in [6.45, 7) is 6.54.